The number of carbonyl (C=O) groups is 2. The molecule has 134 valence electrons. The van der Waals surface area contributed by atoms with Gasteiger partial charge in [-0.3, -0.25) is 4.79 Å². The third kappa shape index (κ3) is 6.54. The number of ketones is 1. The lowest BCUT2D eigenvalue weighted by molar-refractivity contribution is 0.104. The minimum absolute atomic E-state index is 0.0171. The van der Waals surface area contributed by atoms with Crippen LogP contribution in [0.1, 0.15) is 41.4 Å². The van der Waals surface area contributed by atoms with Gasteiger partial charge in [0.15, 0.2) is 5.13 Å². The van der Waals surface area contributed by atoms with E-state index in [1.54, 1.807) is 18.3 Å². The van der Waals surface area contributed by atoms with Crippen molar-refractivity contribution in [2.24, 2.45) is 0 Å². The molecule has 7 heteroatoms. The molecule has 1 aromatic heterocycles. The first-order chi connectivity index (χ1) is 12.2. The van der Waals surface area contributed by atoms with Crippen molar-refractivity contribution < 1.29 is 9.59 Å². The van der Waals surface area contributed by atoms with E-state index in [0.29, 0.717) is 35.2 Å². The normalized spacial score (nSPS) is 10.3. The highest BCUT2D eigenvalue weighted by atomic mass is 32.1. The van der Waals surface area contributed by atoms with Crippen LogP contribution >= 0.6 is 11.3 Å². The molecule has 25 heavy (non-hydrogen) atoms. The average Bonchev–Trinajstić information content (AvgIpc) is 3.10. The molecule has 0 bridgehead atoms. The third-order valence-corrected chi connectivity index (χ3v) is 4.45. The lowest BCUT2D eigenvalue weighted by Gasteiger charge is -2.07. The van der Waals surface area contributed by atoms with Crippen LogP contribution in [-0.2, 0) is 0 Å². The average molecular weight is 360 g/mol. The van der Waals surface area contributed by atoms with E-state index < -0.39 is 0 Å². The maximum Gasteiger partial charge on any atom is 0.314 e. The summed E-state index contributed by atoms with van der Waals surface area (Å²) in [6, 6.07) is 9.05. The van der Waals surface area contributed by atoms with Crippen molar-refractivity contribution >= 4 is 28.3 Å². The number of aromatic nitrogens is 1. The molecule has 0 aliphatic rings. The Bertz CT molecular complexity index is 673. The van der Waals surface area contributed by atoms with Crippen molar-refractivity contribution in [1.29, 1.82) is 0 Å². The minimum atomic E-state index is -0.126. The van der Waals surface area contributed by atoms with Gasteiger partial charge in [-0.25, -0.2) is 9.78 Å². The third-order valence-electron chi connectivity index (χ3n) is 3.50. The summed E-state index contributed by atoms with van der Waals surface area (Å²) >= 11 is 1.34. The molecule has 0 fully saturated rings. The molecule has 0 unspecified atom stereocenters. The van der Waals surface area contributed by atoms with Crippen LogP contribution in [0.5, 0.6) is 0 Å². The molecular weight excluding hydrogens is 336 g/mol. The quantitative estimate of drug-likeness (QED) is 0.448. The van der Waals surface area contributed by atoms with Crippen molar-refractivity contribution in [3.05, 3.63) is 47.0 Å². The fourth-order valence-electron chi connectivity index (χ4n) is 2.12. The van der Waals surface area contributed by atoms with Crippen molar-refractivity contribution in [2.45, 2.75) is 26.2 Å². The number of hydrogen-bond acceptors (Lipinski definition) is 5. The van der Waals surface area contributed by atoms with Gasteiger partial charge in [-0.15, -0.1) is 0 Å². The van der Waals surface area contributed by atoms with Gasteiger partial charge in [-0.05, 0) is 12.8 Å². The van der Waals surface area contributed by atoms with E-state index in [1.165, 1.54) is 11.3 Å². The molecule has 0 aliphatic carbocycles. The maximum absolute atomic E-state index is 12.3. The second-order valence-corrected chi connectivity index (χ2v) is 6.57. The van der Waals surface area contributed by atoms with Gasteiger partial charge >= 0.3 is 6.03 Å². The molecule has 1 aromatic carbocycles. The molecular formula is C18H24N4O2S. The van der Waals surface area contributed by atoms with Gasteiger partial charge in [0.1, 0.15) is 0 Å². The van der Waals surface area contributed by atoms with E-state index in [-0.39, 0.29) is 11.8 Å². The molecule has 2 rings (SSSR count). The first-order valence-electron chi connectivity index (χ1n) is 8.52. The molecule has 0 spiro atoms. The van der Waals surface area contributed by atoms with Gasteiger partial charge in [0.05, 0.1) is 11.1 Å². The summed E-state index contributed by atoms with van der Waals surface area (Å²) in [6.07, 6.45) is 4.43. The predicted octanol–water partition coefficient (Wildman–Crippen LogP) is 3.28. The van der Waals surface area contributed by atoms with Crippen LogP contribution in [-0.4, -0.2) is 36.4 Å². The fourth-order valence-corrected chi connectivity index (χ4v) is 2.92. The maximum atomic E-state index is 12.3. The summed E-state index contributed by atoms with van der Waals surface area (Å²) < 4.78 is 0. The summed E-state index contributed by atoms with van der Waals surface area (Å²) in [7, 11) is 0. The summed E-state index contributed by atoms with van der Waals surface area (Å²) in [5, 5.41) is 9.51. The molecule has 0 saturated carbocycles. The summed E-state index contributed by atoms with van der Waals surface area (Å²) in [6.45, 7) is 4.06. The van der Waals surface area contributed by atoms with Gasteiger partial charge < -0.3 is 16.0 Å². The van der Waals surface area contributed by atoms with Crippen molar-refractivity contribution in [2.75, 3.05) is 25.0 Å². The Hall–Kier alpha value is -2.41. The van der Waals surface area contributed by atoms with Crippen LogP contribution in [0.4, 0.5) is 9.93 Å². The van der Waals surface area contributed by atoms with E-state index in [9.17, 15) is 9.59 Å². The zero-order chi connectivity index (χ0) is 17.9. The summed E-state index contributed by atoms with van der Waals surface area (Å²) in [5.74, 6) is -0.0171. The van der Waals surface area contributed by atoms with Crippen LogP contribution in [0, 0.1) is 0 Å². The summed E-state index contributed by atoms with van der Waals surface area (Å²) in [4.78, 5) is 28.6. The zero-order valence-electron chi connectivity index (χ0n) is 14.4. The van der Waals surface area contributed by atoms with Gasteiger partial charge in [-0.1, -0.05) is 55.0 Å². The largest absolute Gasteiger partial charge is 0.361 e. The fraction of sp³-hybridized carbons (Fsp3) is 0.389. The Morgan fingerprint density at radius 2 is 1.76 bits per heavy atom. The van der Waals surface area contributed by atoms with E-state index >= 15 is 0 Å². The van der Waals surface area contributed by atoms with E-state index in [1.807, 2.05) is 18.2 Å². The molecule has 0 saturated heterocycles. The molecule has 2 amide bonds. The van der Waals surface area contributed by atoms with Crippen LogP contribution in [0.3, 0.4) is 0 Å². The van der Waals surface area contributed by atoms with Crippen LogP contribution in [0.2, 0.25) is 0 Å². The van der Waals surface area contributed by atoms with Crippen molar-refractivity contribution in [3.63, 3.8) is 0 Å². The Kier molecular flexibility index (Phi) is 7.91. The van der Waals surface area contributed by atoms with Crippen molar-refractivity contribution in [1.82, 2.24) is 15.6 Å². The van der Waals surface area contributed by atoms with Crippen LogP contribution in [0.15, 0.2) is 36.5 Å². The number of unbranched alkanes of at least 4 members (excludes halogenated alkanes) is 1. The van der Waals surface area contributed by atoms with Gasteiger partial charge in [-0.2, -0.15) is 0 Å². The van der Waals surface area contributed by atoms with E-state index in [4.69, 9.17) is 0 Å². The number of hydrogen-bond donors (Lipinski definition) is 3. The minimum Gasteiger partial charge on any atom is -0.361 e. The topological polar surface area (TPSA) is 83.1 Å². The highest BCUT2D eigenvalue weighted by molar-refractivity contribution is 7.17. The Morgan fingerprint density at radius 3 is 2.48 bits per heavy atom. The SMILES string of the molecule is CCCCNC(=O)NCCCNc1ncc(C(=O)c2ccccc2)s1. The van der Waals surface area contributed by atoms with Gasteiger partial charge in [0.25, 0.3) is 0 Å². The Labute approximate surface area is 152 Å². The smallest absolute Gasteiger partial charge is 0.314 e. The predicted molar refractivity (Wildman–Crippen MR) is 101 cm³/mol. The van der Waals surface area contributed by atoms with Gasteiger partial charge in [0, 0.05) is 25.2 Å². The molecule has 6 nitrogen and oxygen atoms in total. The monoisotopic (exact) mass is 360 g/mol. The summed E-state index contributed by atoms with van der Waals surface area (Å²) in [5.41, 5.74) is 0.663. The Morgan fingerprint density at radius 1 is 1.04 bits per heavy atom. The number of anilines is 1. The highest BCUT2D eigenvalue weighted by Crippen LogP contribution is 2.21. The molecule has 0 radical (unpaired) electrons. The number of amides is 2. The second kappa shape index (κ2) is 10.5. The second-order valence-electron chi connectivity index (χ2n) is 5.54. The van der Waals surface area contributed by atoms with E-state index in [0.717, 1.165) is 19.3 Å². The van der Waals surface area contributed by atoms with Gasteiger partial charge in [0.2, 0.25) is 5.78 Å². The number of nitrogens with zero attached hydrogens (tertiary/aromatic N) is 1. The zero-order valence-corrected chi connectivity index (χ0v) is 15.2. The first kappa shape index (κ1) is 18.9. The number of urea groups is 1. The van der Waals surface area contributed by atoms with Crippen LogP contribution < -0.4 is 16.0 Å². The lowest BCUT2D eigenvalue weighted by atomic mass is 10.1. The van der Waals surface area contributed by atoms with Crippen LogP contribution in [0.25, 0.3) is 0 Å². The standard InChI is InChI=1S/C18H24N4O2S/c1-2-3-10-19-17(24)20-11-7-12-21-18-22-13-15(25-18)16(23)14-8-5-4-6-9-14/h4-6,8-9,13H,2-3,7,10-12H2,1H3,(H,21,22)(H2,19,20,24). The molecule has 0 atom stereocenters. The van der Waals surface area contributed by atoms with E-state index in [2.05, 4.69) is 27.9 Å². The number of thiazole rings is 1. The lowest BCUT2D eigenvalue weighted by Crippen LogP contribution is -2.36. The molecule has 1 heterocycles. The first-order valence-corrected chi connectivity index (χ1v) is 9.33. The molecule has 2 aromatic rings. The number of nitrogens with one attached hydrogen (secondary N) is 3. The molecule has 0 aliphatic heterocycles. The number of carbonyl (C=O) groups excluding carboxylic acids is 2. The number of benzene rings is 1. The highest BCUT2D eigenvalue weighted by Gasteiger charge is 2.12. The Balaban J connectivity index is 1.66. The molecule has 3 N–H and O–H groups in total. The number of rotatable bonds is 10. The van der Waals surface area contributed by atoms with Crippen molar-refractivity contribution in [3.8, 4) is 0 Å².